The summed E-state index contributed by atoms with van der Waals surface area (Å²) in [7, 11) is -1.52. The summed E-state index contributed by atoms with van der Waals surface area (Å²) in [5.41, 5.74) is 1.81. The third kappa shape index (κ3) is 3.05. The number of likely N-dealkylation sites (N-methyl/N-ethyl adjacent to an activating group) is 1. The quantitative estimate of drug-likeness (QED) is 0.925. The Kier molecular flexibility index (Phi) is 4.83. The topological polar surface area (TPSA) is 49.4 Å². The fraction of sp³-hybridized carbons (Fsp3) is 0.600. The maximum absolute atomic E-state index is 12.9. The summed E-state index contributed by atoms with van der Waals surface area (Å²) in [5, 5.41) is 3.11. The fourth-order valence-corrected chi connectivity index (χ4v) is 4.85. The maximum Gasteiger partial charge on any atom is 0.243 e. The average molecular weight is 296 g/mol. The standard InChI is InChI=1S/C15H24N2O2S/c1-12-7-8-13(2)15(10-12)20(18,19)17-9-5-4-6-14(17)11-16-3/h7-8,10,14,16H,4-6,9,11H2,1-3H3. The van der Waals surface area contributed by atoms with E-state index >= 15 is 0 Å². The van der Waals surface area contributed by atoms with Gasteiger partial charge in [-0.05, 0) is 50.9 Å². The van der Waals surface area contributed by atoms with E-state index in [0.717, 1.165) is 30.4 Å². The third-order valence-corrected chi connectivity index (χ3v) is 6.04. The molecular weight excluding hydrogens is 272 g/mol. The van der Waals surface area contributed by atoms with Crippen molar-refractivity contribution in [2.24, 2.45) is 0 Å². The molecule has 112 valence electrons. The molecule has 0 bridgehead atoms. The van der Waals surface area contributed by atoms with E-state index in [2.05, 4.69) is 5.32 Å². The van der Waals surface area contributed by atoms with E-state index in [4.69, 9.17) is 0 Å². The second-order valence-corrected chi connectivity index (χ2v) is 7.45. The van der Waals surface area contributed by atoms with Gasteiger partial charge in [0.1, 0.15) is 0 Å². The molecule has 1 fully saturated rings. The van der Waals surface area contributed by atoms with E-state index in [1.165, 1.54) is 0 Å². The van der Waals surface area contributed by atoms with E-state index in [0.29, 0.717) is 18.0 Å². The minimum atomic E-state index is -3.39. The van der Waals surface area contributed by atoms with E-state index in [-0.39, 0.29) is 6.04 Å². The highest BCUT2D eigenvalue weighted by atomic mass is 32.2. The second kappa shape index (κ2) is 6.24. The highest BCUT2D eigenvalue weighted by Crippen LogP contribution is 2.27. The molecule has 0 radical (unpaired) electrons. The number of nitrogens with one attached hydrogen (secondary N) is 1. The first-order valence-corrected chi connectivity index (χ1v) is 8.64. The molecular formula is C15H24N2O2S. The van der Waals surface area contributed by atoms with Crippen molar-refractivity contribution in [3.8, 4) is 0 Å². The minimum absolute atomic E-state index is 0.0682. The average Bonchev–Trinajstić information content (AvgIpc) is 2.42. The van der Waals surface area contributed by atoms with E-state index in [1.807, 2.05) is 33.0 Å². The van der Waals surface area contributed by atoms with Crippen molar-refractivity contribution in [3.05, 3.63) is 29.3 Å². The van der Waals surface area contributed by atoms with Gasteiger partial charge < -0.3 is 5.32 Å². The van der Waals surface area contributed by atoms with Crippen LogP contribution in [0.5, 0.6) is 0 Å². The molecule has 20 heavy (non-hydrogen) atoms. The smallest absolute Gasteiger partial charge is 0.243 e. The molecule has 0 spiro atoms. The molecule has 0 aliphatic carbocycles. The van der Waals surface area contributed by atoms with E-state index in [9.17, 15) is 8.42 Å². The number of piperidine rings is 1. The lowest BCUT2D eigenvalue weighted by molar-refractivity contribution is 0.249. The van der Waals surface area contributed by atoms with Gasteiger partial charge in [-0.1, -0.05) is 18.6 Å². The van der Waals surface area contributed by atoms with Gasteiger partial charge in [0, 0.05) is 19.1 Å². The molecule has 1 aliphatic rings. The van der Waals surface area contributed by atoms with Crippen LogP contribution in [0.3, 0.4) is 0 Å². The highest BCUT2D eigenvalue weighted by molar-refractivity contribution is 7.89. The van der Waals surface area contributed by atoms with Gasteiger partial charge in [0.05, 0.1) is 4.90 Å². The van der Waals surface area contributed by atoms with Crippen molar-refractivity contribution >= 4 is 10.0 Å². The predicted molar refractivity (Wildman–Crippen MR) is 81.4 cm³/mol. The van der Waals surface area contributed by atoms with Gasteiger partial charge >= 0.3 is 0 Å². The summed E-state index contributed by atoms with van der Waals surface area (Å²) in [5.74, 6) is 0. The molecule has 1 unspecified atom stereocenters. The van der Waals surface area contributed by atoms with Crippen LogP contribution in [-0.4, -0.2) is 38.9 Å². The van der Waals surface area contributed by atoms with Crippen LogP contribution >= 0.6 is 0 Å². The van der Waals surface area contributed by atoms with Gasteiger partial charge in [0.25, 0.3) is 0 Å². The number of hydrogen-bond acceptors (Lipinski definition) is 3. The molecule has 1 aliphatic heterocycles. The summed E-state index contributed by atoms with van der Waals surface area (Å²) in [6.07, 6.45) is 2.99. The number of aryl methyl sites for hydroxylation is 2. The Labute approximate surface area is 122 Å². The fourth-order valence-electron chi connectivity index (χ4n) is 2.84. The Balaban J connectivity index is 2.39. The third-order valence-electron chi connectivity index (χ3n) is 3.94. The van der Waals surface area contributed by atoms with Crippen LogP contribution in [0.25, 0.3) is 0 Å². The molecule has 1 N–H and O–H groups in total. The summed E-state index contributed by atoms with van der Waals surface area (Å²) >= 11 is 0. The van der Waals surface area contributed by atoms with Crippen LogP contribution in [0.15, 0.2) is 23.1 Å². The van der Waals surface area contributed by atoms with Crippen LogP contribution < -0.4 is 5.32 Å². The molecule has 0 saturated carbocycles. The molecule has 0 aromatic heterocycles. The number of hydrogen-bond donors (Lipinski definition) is 1. The van der Waals surface area contributed by atoms with Crippen LogP contribution in [-0.2, 0) is 10.0 Å². The molecule has 1 aromatic carbocycles. The minimum Gasteiger partial charge on any atom is -0.318 e. The zero-order chi connectivity index (χ0) is 14.8. The molecule has 1 saturated heterocycles. The Hall–Kier alpha value is -0.910. The number of sulfonamides is 1. The summed E-state index contributed by atoms with van der Waals surface area (Å²) in [4.78, 5) is 0.459. The van der Waals surface area contributed by atoms with Crippen molar-refractivity contribution < 1.29 is 8.42 Å². The molecule has 1 aromatic rings. The van der Waals surface area contributed by atoms with Crippen LogP contribution in [0.2, 0.25) is 0 Å². The Morgan fingerprint density at radius 3 is 2.75 bits per heavy atom. The van der Waals surface area contributed by atoms with Gasteiger partial charge in [-0.15, -0.1) is 0 Å². The highest BCUT2D eigenvalue weighted by Gasteiger charge is 2.33. The number of nitrogens with zero attached hydrogens (tertiary/aromatic N) is 1. The van der Waals surface area contributed by atoms with Gasteiger partial charge in [-0.3, -0.25) is 0 Å². The van der Waals surface area contributed by atoms with Crippen LogP contribution in [0, 0.1) is 13.8 Å². The Bertz CT molecular complexity index is 567. The second-order valence-electron chi connectivity index (χ2n) is 5.59. The van der Waals surface area contributed by atoms with Crippen molar-refractivity contribution in [1.82, 2.24) is 9.62 Å². The van der Waals surface area contributed by atoms with Gasteiger partial charge in [0.2, 0.25) is 10.0 Å². The van der Waals surface area contributed by atoms with Crippen LogP contribution in [0.1, 0.15) is 30.4 Å². The molecule has 4 nitrogen and oxygen atoms in total. The predicted octanol–water partition coefficient (Wildman–Crippen LogP) is 2.07. The molecule has 1 atom stereocenters. The summed E-state index contributed by atoms with van der Waals surface area (Å²) in [6, 6.07) is 5.70. The zero-order valence-corrected chi connectivity index (χ0v) is 13.3. The maximum atomic E-state index is 12.9. The number of benzene rings is 1. The lowest BCUT2D eigenvalue weighted by Gasteiger charge is -2.35. The molecule has 2 rings (SSSR count). The lowest BCUT2D eigenvalue weighted by Crippen LogP contribution is -2.48. The summed E-state index contributed by atoms with van der Waals surface area (Å²) in [6.45, 7) is 5.13. The zero-order valence-electron chi connectivity index (χ0n) is 12.5. The van der Waals surface area contributed by atoms with Crippen molar-refractivity contribution in [1.29, 1.82) is 0 Å². The van der Waals surface area contributed by atoms with Gasteiger partial charge in [-0.25, -0.2) is 8.42 Å². The normalized spacial score (nSPS) is 21.1. The Morgan fingerprint density at radius 2 is 2.05 bits per heavy atom. The van der Waals surface area contributed by atoms with Crippen molar-refractivity contribution in [2.45, 2.75) is 44.0 Å². The monoisotopic (exact) mass is 296 g/mol. The molecule has 0 amide bonds. The van der Waals surface area contributed by atoms with E-state index < -0.39 is 10.0 Å². The largest absolute Gasteiger partial charge is 0.318 e. The first-order valence-electron chi connectivity index (χ1n) is 7.20. The van der Waals surface area contributed by atoms with Crippen LogP contribution in [0.4, 0.5) is 0 Å². The summed E-state index contributed by atoms with van der Waals surface area (Å²) < 4.78 is 27.6. The first kappa shape index (κ1) is 15.5. The van der Waals surface area contributed by atoms with E-state index in [1.54, 1.807) is 10.4 Å². The SMILES string of the molecule is CNCC1CCCCN1S(=O)(=O)c1cc(C)ccc1C. The van der Waals surface area contributed by atoms with Crippen molar-refractivity contribution in [2.75, 3.05) is 20.1 Å². The number of rotatable bonds is 4. The first-order chi connectivity index (χ1) is 9.46. The van der Waals surface area contributed by atoms with Crippen molar-refractivity contribution in [3.63, 3.8) is 0 Å². The lowest BCUT2D eigenvalue weighted by atomic mass is 10.1. The van der Waals surface area contributed by atoms with Gasteiger partial charge in [-0.2, -0.15) is 4.31 Å². The molecule has 5 heteroatoms. The molecule has 1 heterocycles. The Morgan fingerprint density at radius 1 is 1.30 bits per heavy atom. The van der Waals surface area contributed by atoms with Gasteiger partial charge in [0.15, 0.2) is 0 Å².